The lowest BCUT2D eigenvalue weighted by atomic mass is 9.93. The Kier molecular flexibility index (Phi) is 4.97. The minimum Gasteiger partial charge on any atom is -0.334 e. The molecule has 3 nitrogen and oxygen atoms in total. The Morgan fingerprint density at radius 3 is 2.58 bits per heavy atom. The van der Waals surface area contributed by atoms with Crippen LogP contribution >= 0.6 is 0 Å². The second-order valence-electron chi connectivity index (χ2n) is 5.44. The zero-order chi connectivity index (χ0) is 13.7. The average Bonchev–Trinajstić information content (AvgIpc) is 2.46. The quantitative estimate of drug-likeness (QED) is 0.904. The zero-order valence-electron chi connectivity index (χ0n) is 11.8. The number of nitrogens with two attached hydrogens (primary N) is 1. The monoisotopic (exact) mass is 260 g/mol. The Balaban J connectivity index is 2.13. The molecule has 2 rings (SSSR count). The molecule has 0 saturated heterocycles. The summed E-state index contributed by atoms with van der Waals surface area (Å²) in [7, 11) is 0. The van der Waals surface area contributed by atoms with E-state index in [1.54, 1.807) is 0 Å². The molecule has 1 aliphatic carbocycles. The summed E-state index contributed by atoms with van der Waals surface area (Å²) in [5, 5.41) is 0. The summed E-state index contributed by atoms with van der Waals surface area (Å²) in [6, 6.07) is 8.66. The van der Waals surface area contributed by atoms with Crippen molar-refractivity contribution in [1.29, 1.82) is 0 Å². The maximum absolute atomic E-state index is 12.1. The van der Waals surface area contributed by atoms with Crippen molar-refractivity contribution < 1.29 is 4.79 Å². The molecular weight excluding hydrogens is 236 g/mol. The van der Waals surface area contributed by atoms with Crippen LogP contribution in [0.3, 0.4) is 0 Å². The molecule has 0 unspecified atom stereocenters. The van der Waals surface area contributed by atoms with Crippen molar-refractivity contribution in [2.24, 2.45) is 5.73 Å². The van der Waals surface area contributed by atoms with Crippen LogP contribution in [-0.2, 0) is 11.3 Å². The lowest BCUT2D eigenvalue weighted by Crippen LogP contribution is -2.44. The van der Waals surface area contributed by atoms with Gasteiger partial charge in [-0.25, -0.2) is 0 Å². The van der Waals surface area contributed by atoms with Gasteiger partial charge in [0.15, 0.2) is 0 Å². The van der Waals surface area contributed by atoms with E-state index in [1.165, 1.54) is 30.4 Å². The minimum atomic E-state index is 0.0788. The number of rotatable bonds is 4. The molecule has 1 aromatic rings. The van der Waals surface area contributed by atoms with E-state index in [0.29, 0.717) is 12.6 Å². The number of carbonyl (C=O) groups excluding carboxylic acids is 1. The second-order valence-corrected chi connectivity index (χ2v) is 5.44. The van der Waals surface area contributed by atoms with Crippen molar-refractivity contribution in [1.82, 2.24) is 4.90 Å². The van der Waals surface area contributed by atoms with Gasteiger partial charge in [0, 0.05) is 12.6 Å². The first-order valence-electron chi connectivity index (χ1n) is 7.26. The van der Waals surface area contributed by atoms with Crippen molar-refractivity contribution in [2.75, 3.05) is 6.54 Å². The van der Waals surface area contributed by atoms with Crippen LogP contribution in [0.4, 0.5) is 0 Å². The third-order valence-electron chi connectivity index (χ3n) is 4.11. The number of amides is 1. The highest BCUT2D eigenvalue weighted by atomic mass is 16.2. The van der Waals surface area contributed by atoms with E-state index in [0.717, 1.165) is 12.8 Å². The minimum absolute atomic E-state index is 0.0788. The Labute approximate surface area is 115 Å². The van der Waals surface area contributed by atoms with Gasteiger partial charge < -0.3 is 10.6 Å². The molecule has 0 atom stereocenters. The molecule has 0 aromatic heterocycles. The fraction of sp³-hybridized carbons (Fsp3) is 0.562. The fourth-order valence-electron chi connectivity index (χ4n) is 2.90. The zero-order valence-corrected chi connectivity index (χ0v) is 11.8. The standard InChI is InChI=1S/C16H24N2O/c1-13-7-5-6-8-14(13)12-18(16(19)11-17)15-9-3-2-4-10-15/h5-8,15H,2-4,9-12,17H2,1H3. The summed E-state index contributed by atoms with van der Waals surface area (Å²) in [6.45, 7) is 2.91. The highest BCUT2D eigenvalue weighted by molar-refractivity contribution is 5.78. The fourth-order valence-corrected chi connectivity index (χ4v) is 2.90. The lowest BCUT2D eigenvalue weighted by Gasteiger charge is -2.34. The third-order valence-corrected chi connectivity index (χ3v) is 4.11. The van der Waals surface area contributed by atoms with E-state index in [9.17, 15) is 4.79 Å². The predicted molar refractivity (Wildman–Crippen MR) is 77.7 cm³/mol. The Hall–Kier alpha value is -1.35. The molecule has 19 heavy (non-hydrogen) atoms. The van der Waals surface area contributed by atoms with Gasteiger partial charge in [-0.3, -0.25) is 4.79 Å². The summed E-state index contributed by atoms with van der Waals surface area (Å²) in [5.41, 5.74) is 8.06. The second kappa shape index (κ2) is 6.71. The van der Waals surface area contributed by atoms with E-state index >= 15 is 0 Å². The Bertz CT molecular complexity index is 425. The first kappa shape index (κ1) is 14.1. The Morgan fingerprint density at radius 1 is 1.26 bits per heavy atom. The average molecular weight is 260 g/mol. The van der Waals surface area contributed by atoms with Crippen LogP contribution in [-0.4, -0.2) is 23.4 Å². The molecule has 1 aromatic carbocycles. The van der Waals surface area contributed by atoms with E-state index < -0.39 is 0 Å². The van der Waals surface area contributed by atoms with Gasteiger partial charge in [0.2, 0.25) is 5.91 Å². The predicted octanol–water partition coefficient (Wildman–Crippen LogP) is 2.62. The number of carbonyl (C=O) groups is 1. The first-order chi connectivity index (χ1) is 9.22. The molecular formula is C16H24N2O. The van der Waals surface area contributed by atoms with Gasteiger partial charge in [0.1, 0.15) is 0 Å². The highest BCUT2D eigenvalue weighted by Gasteiger charge is 2.24. The molecule has 0 heterocycles. The van der Waals surface area contributed by atoms with Crippen molar-refractivity contribution in [2.45, 2.75) is 51.6 Å². The smallest absolute Gasteiger partial charge is 0.236 e. The molecule has 104 valence electrons. The largest absolute Gasteiger partial charge is 0.334 e. The third kappa shape index (κ3) is 3.57. The molecule has 2 N–H and O–H groups in total. The molecule has 0 radical (unpaired) electrons. The molecule has 1 saturated carbocycles. The summed E-state index contributed by atoms with van der Waals surface area (Å²) < 4.78 is 0. The number of hydrogen-bond donors (Lipinski definition) is 1. The van der Waals surface area contributed by atoms with Gasteiger partial charge in [-0.1, -0.05) is 43.5 Å². The van der Waals surface area contributed by atoms with Crippen LogP contribution in [0.25, 0.3) is 0 Å². The van der Waals surface area contributed by atoms with Gasteiger partial charge in [-0.05, 0) is 30.9 Å². The molecule has 0 spiro atoms. The normalized spacial score (nSPS) is 16.3. The van der Waals surface area contributed by atoms with E-state index in [2.05, 4.69) is 19.1 Å². The molecule has 0 aliphatic heterocycles. The van der Waals surface area contributed by atoms with Crippen molar-refractivity contribution in [3.63, 3.8) is 0 Å². The van der Waals surface area contributed by atoms with E-state index in [1.807, 2.05) is 17.0 Å². The molecule has 1 fully saturated rings. The van der Waals surface area contributed by atoms with Gasteiger partial charge in [-0.15, -0.1) is 0 Å². The maximum Gasteiger partial charge on any atom is 0.236 e. The molecule has 1 aliphatic rings. The number of hydrogen-bond acceptors (Lipinski definition) is 2. The van der Waals surface area contributed by atoms with Crippen LogP contribution in [0, 0.1) is 6.92 Å². The van der Waals surface area contributed by atoms with Crippen molar-refractivity contribution in [3.8, 4) is 0 Å². The summed E-state index contributed by atoms with van der Waals surface area (Å²) >= 11 is 0. The molecule has 0 bridgehead atoms. The van der Waals surface area contributed by atoms with Gasteiger partial charge in [-0.2, -0.15) is 0 Å². The van der Waals surface area contributed by atoms with Crippen LogP contribution in [0.2, 0.25) is 0 Å². The van der Waals surface area contributed by atoms with Crippen LogP contribution in [0.15, 0.2) is 24.3 Å². The lowest BCUT2D eigenvalue weighted by molar-refractivity contribution is -0.133. The van der Waals surface area contributed by atoms with Gasteiger partial charge in [0.25, 0.3) is 0 Å². The number of nitrogens with zero attached hydrogens (tertiary/aromatic N) is 1. The summed E-state index contributed by atoms with van der Waals surface area (Å²) in [4.78, 5) is 14.1. The number of benzene rings is 1. The van der Waals surface area contributed by atoms with Crippen LogP contribution < -0.4 is 5.73 Å². The van der Waals surface area contributed by atoms with Gasteiger partial charge in [0.05, 0.1) is 6.54 Å². The van der Waals surface area contributed by atoms with Crippen LogP contribution in [0.1, 0.15) is 43.2 Å². The van der Waals surface area contributed by atoms with E-state index in [-0.39, 0.29) is 12.5 Å². The first-order valence-corrected chi connectivity index (χ1v) is 7.26. The van der Waals surface area contributed by atoms with Gasteiger partial charge >= 0.3 is 0 Å². The van der Waals surface area contributed by atoms with Crippen molar-refractivity contribution >= 4 is 5.91 Å². The van der Waals surface area contributed by atoms with Crippen LogP contribution in [0.5, 0.6) is 0 Å². The van der Waals surface area contributed by atoms with E-state index in [4.69, 9.17) is 5.73 Å². The SMILES string of the molecule is Cc1ccccc1CN(C(=O)CN)C1CCCCC1. The maximum atomic E-state index is 12.1. The topological polar surface area (TPSA) is 46.3 Å². The molecule has 3 heteroatoms. The number of aryl methyl sites for hydroxylation is 1. The molecule has 1 amide bonds. The Morgan fingerprint density at radius 2 is 1.95 bits per heavy atom. The highest BCUT2D eigenvalue weighted by Crippen LogP contribution is 2.24. The summed E-state index contributed by atoms with van der Waals surface area (Å²) in [5.74, 6) is 0.0788. The van der Waals surface area contributed by atoms with Crippen molar-refractivity contribution in [3.05, 3.63) is 35.4 Å². The summed E-state index contributed by atoms with van der Waals surface area (Å²) in [6.07, 6.45) is 6.00.